The summed E-state index contributed by atoms with van der Waals surface area (Å²) in [6.45, 7) is -0.713. The quantitative estimate of drug-likeness (QED) is 0.0400. The number of carboxylic acid groups (broad SMARTS) is 1. The molecular formula is C52H72N2O24. The van der Waals surface area contributed by atoms with Crippen molar-refractivity contribution in [2.45, 2.75) is 174 Å². The molecule has 0 unspecified atom stereocenters. The fraction of sp³-hybridized carbons (Fsp3) is 0.635. The molecule has 0 bridgehead atoms. The van der Waals surface area contributed by atoms with Crippen molar-refractivity contribution in [3.63, 3.8) is 0 Å². The van der Waals surface area contributed by atoms with E-state index in [0.717, 1.165) is 23.4 Å². The molecule has 4 fully saturated rings. The van der Waals surface area contributed by atoms with E-state index in [1.54, 1.807) is 30.3 Å². The molecule has 0 saturated carbocycles. The van der Waals surface area contributed by atoms with Crippen molar-refractivity contribution >= 4 is 28.6 Å². The van der Waals surface area contributed by atoms with Crippen molar-refractivity contribution in [2.24, 2.45) is 0 Å². The first-order valence-corrected chi connectivity index (χ1v) is 25.7. The van der Waals surface area contributed by atoms with Gasteiger partial charge in [-0.15, -0.1) is 0 Å². The Morgan fingerprint density at radius 3 is 2.00 bits per heavy atom. The first kappa shape index (κ1) is 61.2. The molecule has 4 saturated heterocycles. The SMILES string of the molecule is CC(=O)N[C@H]1[C@H]([C@H](O)[C@H](O)CO)O[C@@](O[C@H]2[C@@H](O)[C@@H](CO)O[C@@H](O[C@H]3[C@H](O[C@@H]4O[C@@H](C)[C@@H](O)[C@@H](O)[C@@H]4O)[C@@H](NC(=O)c4ccc5ccccc5c4)[C@H](OCCCc4cccc(CCCO)c4)O[C@@H]3CO)[C@@H]2O)(C(=O)O)C[C@@H]1O. The number of carbonyl (C=O) groups is 3. The minimum atomic E-state index is -3.15. The summed E-state index contributed by atoms with van der Waals surface area (Å²) in [5.74, 6) is -6.69. The molecule has 4 heterocycles. The first-order valence-electron chi connectivity index (χ1n) is 25.7. The van der Waals surface area contributed by atoms with Crippen LogP contribution in [0.5, 0.6) is 0 Å². The number of aliphatic hydroxyl groups is 12. The highest BCUT2D eigenvalue weighted by Gasteiger charge is 2.61. The molecule has 26 heteroatoms. The Morgan fingerprint density at radius 1 is 0.692 bits per heavy atom. The predicted molar refractivity (Wildman–Crippen MR) is 264 cm³/mol. The molecule has 0 aliphatic carbocycles. The number of carboxylic acids is 1. The molecular weight excluding hydrogens is 1040 g/mol. The van der Waals surface area contributed by atoms with Crippen LogP contribution < -0.4 is 10.6 Å². The normalized spacial score (nSPS) is 36.1. The van der Waals surface area contributed by atoms with Crippen molar-refractivity contribution in [2.75, 3.05) is 33.0 Å². The number of benzene rings is 3. The molecule has 0 spiro atoms. The average molecular weight is 1110 g/mol. The zero-order valence-electron chi connectivity index (χ0n) is 42.8. The van der Waals surface area contributed by atoms with Gasteiger partial charge in [0.05, 0.1) is 44.7 Å². The number of aliphatic hydroxyl groups excluding tert-OH is 12. The van der Waals surface area contributed by atoms with Gasteiger partial charge in [0, 0.05) is 25.5 Å². The molecule has 15 N–H and O–H groups in total. The number of aryl methyl sites for hydroxylation is 2. The van der Waals surface area contributed by atoms with Gasteiger partial charge in [-0.1, -0.05) is 54.6 Å². The minimum Gasteiger partial charge on any atom is -0.477 e. The second kappa shape index (κ2) is 27.3. The van der Waals surface area contributed by atoms with Gasteiger partial charge in [0.2, 0.25) is 5.91 Å². The summed E-state index contributed by atoms with van der Waals surface area (Å²) in [5, 5.41) is 147. The van der Waals surface area contributed by atoms with Crippen LogP contribution in [0, 0.1) is 0 Å². The van der Waals surface area contributed by atoms with E-state index < -0.39 is 172 Å². The Kier molecular flexibility index (Phi) is 21.4. The van der Waals surface area contributed by atoms with Crippen LogP contribution in [0.25, 0.3) is 10.8 Å². The van der Waals surface area contributed by atoms with Crippen LogP contribution in [0.1, 0.15) is 54.6 Å². The summed E-state index contributed by atoms with van der Waals surface area (Å²) in [5.41, 5.74) is 2.10. The molecule has 4 aliphatic rings. The summed E-state index contributed by atoms with van der Waals surface area (Å²) < 4.78 is 48.9. The number of hydrogen-bond donors (Lipinski definition) is 15. The lowest BCUT2D eigenvalue weighted by Gasteiger charge is -2.51. The summed E-state index contributed by atoms with van der Waals surface area (Å²) in [7, 11) is 0. The lowest BCUT2D eigenvalue weighted by molar-refractivity contribution is -0.391. The molecule has 0 radical (unpaired) electrons. The molecule has 3 aromatic carbocycles. The molecule has 78 heavy (non-hydrogen) atoms. The highest BCUT2D eigenvalue weighted by molar-refractivity contribution is 5.98. The van der Waals surface area contributed by atoms with Gasteiger partial charge >= 0.3 is 5.97 Å². The van der Waals surface area contributed by atoms with Gasteiger partial charge in [-0.25, -0.2) is 4.79 Å². The zero-order valence-corrected chi connectivity index (χ0v) is 42.8. The number of nitrogens with one attached hydrogen (secondary N) is 2. The van der Waals surface area contributed by atoms with Crippen LogP contribution in [0.4, 0.5) is 0 Å². The highest BCUT2D eigenvalue weighted by Crippen LogP contribution is 2.39. The van der Waals surface area contributed by atoms with Gasteiger partial charge in [0.25, 0.3) is 11.7 Å². The van der Waals surface area contributed by atoms with Crippen LogP contribution in [-0.4, -0.2) is 246 Å². The molecule has 26 nitrogen and oxygen atoms in total. The molecule has 21 atom stereocenters. The van der Waals surface area contributed by atoms with Crippen LogP contribution in [0.15, 0.2) is 66.7 Å². The van der Waals surface area contributed by atoms with E-state index in [0.29, 0.717) is 31.1 Å². The third-order valence-electron chi connectivity index (χ3n) is 14.4. The molecule has 0 aromatic heterocycles. The zero-order chi connectivity index (χ0) is 56.6. The second-order valence-corrected chi connectivity index (χ2v) is 20.0. The van der Waals surface area contributed by atoms with E-state index in [2.05, 4.69) is 10.6 Å². The predicted octanol–water partition coefficient (Wildman–Crippen LogP) is -4.20. The Labute approximate surface area is 447 Å². The largest absolute Gasteiger partial charge is 0.477 e. The van der Waals surface area contributed by atoms with Crippen molar-refractivity contribution in [3.05, 3.63) is 83.4 Å². The van der Waals surface area contributed by atoms with Crippen LogP contribution in [-0.2, 0) is 60.3 Å². The van der Waals surface area contributed by atoms with Gasteiger partial charge in [-0.05, 0) is 66.6 Å². The van der Waals surface area contributed by atoms with Crippen molar-refractivity contribution in [1.29, 1.82) is 0 Å². The minimum absolute atomic E-state index is 0.0252. The van der Waals surface area contributed by atoms with Gasteiger partial charge in [0.1, 0.15) is 85.4 Å². The third-order valence-corrected chi connectivity index (χ3v) is 14.4. The van der Waals surface area contributed by atoms with Gasteiger partial charge in [0.15, 0.2) is 18.9 Å². The summed E-state index contributed by atoms with van der Waals surface area (Å²) in [6.07, 6.45) is -33.1. The van der Waals surface area contributed by atoms with E-state index in [1.165, 1.54) is 6.92 Å². The van der Waals surface area contributed by atoms with E-state index in [-0.39, 0.29) is 18.8 Å². The van der Waals surface area contributed by atoms with Crippen molar-refractivity contribution in [1.82, 2.24) is 10.6 Å². The number of rotatable bonds is 23. The number of hydrogen-bond acceptors (Lipinski definition) is 23. The Hall–Kier alpha value is -4.47. The van der Waals surface area contributed by atoms with Crippen molar-refractivity contribution in [3.8, 4) is 0 Å². The lowest BCUT2D eigenvalue weighted by atomic mass is 9.88. The number of carbonyl (C=O) groups excluding carboxylic acids is 2. The Balaban J connectivity index is 1.24. The van der Waals surface area contributed by atoms with E-state index in [9.17, 15) is 80.8 Å². The molecule has 2 amide bonds. The topological polar surface area (TPSA) is 412 Å². The molecule has 434 valence electrons. The molecule has 4 aliphatic heterocycles. The number of aliphatic carboxylic acids is 1. The maximum absolute atomic E-state index is 14.5. The van der Waals surface area contributed by atoms with Gasteiger partial charge in [-0.2, -0.15) is 0 Å². The summed E-state index contributed by atoms with van der Waals surface area (Å²) in [6, 6.07) is 16.6. The van der Waals surface area contributed by atoms with Gasteiger partial charge in [-0.3, -0.25) is 9.59 Å². The number of amides is 2. The standard InChI is InChI=1S/C52H72N2O24/c1-24-37(62)40(65)41(66)49(72-24)76-45-36(54-47(68)30-15-14-28-12-3-4-13-29(28)19-30)48(71-17-7-11-27-9-5-8-26(18-27)10-6-16-55)74-34(23-58)43(45)75-50-42(67)46(39(64)33(22-57)73-50)78-52(51(69)70)20-31(60)35(53-25(2)59)44(77-52)38(63)32(61)21-56/h3-5,8-9,12-15,18-19,24,31-46,48-50,55-58,60-67H,6-7,10-11,16-17,20-23H2,1-2H3,(H,53,59)(H,54,68)(H,69,70)/t24-,31-,32+,33+,34+,35+,36+,37+,38+,39-,40+,41-,42+,43+,44+,45+,46-,48+,49-,50-,52-/m0/s1. The van der Waals surface area contributed by atoms with E-state index in [1.807, 2.05) is 36.4 Å². The van der Waals surface area contributed by atoms with E-state index >= 15 is 0 Å². The third kappa shape index (κ3) is 14.0. The highest BCUT2D eigenvalue weighted by atomic mass is 16.8. The maximum atomic E-state index is 14.5. The first-order chi connectivity index (χ1) is 37.2. The number of ether oxygens (including phenoxy) is 8. The fourth-order valence-corrected chi connectivity index (χ4v) is 10.1. The van der Waals surface area contributed by atoms with Crippen molar-refractivity contribution < 1.29 is 119 Å². The Morgan fingerprint density at radius 2 is 1.35 bits per heavy atom. The fourth-order valence-electron chi connectivity index (χ4n) is 10.1. The number of fused-ring (bicyclic) bond motifs is 1. The summed E-state index contributed by atoms with van der Waals surface area (Å²) >= 11 is 0. The summed E-state index contributed by atoms with van der Waals surface area (Å²) in [4.78, 5) is 39.9. The smallest absolute Gasteiger partial charge is 0.364 e. The lowest BCUT2D eigenvalue weighted by Crippen LogP contribution is -2.71. The maximum Gasteiger partial charge on any atom is 0.364 e. The van der Waals surface area contributed by atoms with Crippen LogP contribution in [0.2, 0.25) is 0 Å². The van der Waals surface area contributed by atoms with Gasteiger partial charge < -0.3 is 115 Å². The Bertz CT molecular complexity index is 2440. The molecule has 3 aromatic rings. The monoisotopic (exact) mass is 1110 g/mol. The van der Waals surface area contributed by atoms with Crippen LogP contribution in [0.3, 0.4) is 0 Å². The van der Waals surface area contributed by atoms with E-state index in [4.69, 9.17) is 37.9 Å². The molecule has 7 rings (SSSR count). The van der Waals surface area contributed by atoms with Crippen LogP contribution >= 0.6 is 0 Å². The second-order valence-electron chi connectivity index (χ2n) is 20.0. The average Bonchev–Trinajstić information content (AvgIpc) is 3.50.